The van der Waals surface area contributed by atoms with E-state index in [0.29, 0.717) is 11.8 Å². The van der Waals surface area contributed by atoms with Crippen LogP contribution in [0.25, 0.3) is 0 Å². The molecule has 0 radical (unpaired) electrons. The SMILES string of the molecule is CCC1CCC(Nc2cc(C(=O)O)ccc2OC)CC1. The van der Waals surface area contributed by atoms with Gasteiger partial charge in [0.2, 0.25) is 0 Å². The highest BCUT2D eigenvalue weighted by Gasteiger charge is 2.21. The summed E-state index contributed by atoms with van der Waals surface area (Å²) in [5.74, 6) is 0.637. The number of nitrogens with one attached hydrogen (secondary N) is 1. The smallest absolute Gasteiger partial charge is 0.335 e. The molecule has 0 atom stereocenters. The van der Waals surface area contributed by atoms with Crippen LogP contribution in [-0.2, 0) is 0 Å². The molecular formula is C16H23NO3. The Morgan fingerprint density at radius 3 is 2.60 bits per heavy atom. The lowest BCUT2D eigenvalue weighted by Gasteiger charge is -2.29. The minimum Gasteiger partial charge on any atom is -0.495 e. The van der Waals surface area contributed by atoms with Gasteiger partial charge in [0.1, 0.15) is 5.75 Å². The second-order valence-electron chi connectivity index (χ2n) is 5.49. The molecule has 0 aromatic heterocycles. The Morgan fingerprint density at radius 2 is 2.05 bits per heavy atom. The van der Waals surface area contributed by atoms with Crippen molar-refractivity contribution in [2.75, 3.05) is 12.4 Å². The van der Waals surface area contributed by atoms with Crippen molar-refractivity contribution in [2.45, 2.75) is 45.1 Å². The highest BCUT2D eigenvalue weighted by molar-refractivity contribution is 5.89. The van der Waals surface area contributed by atoms with Crippen LogP contribution in [0.15, 0.2) is 18.2 Å². The van der Waals surface area contributed by atoms with Crippen molar-refractivity contribution >= 4 is 11.7 Å². The van der Waals surface area contributed by atoms with Crippen molar-refractivity contribution in [3.8, 4) is 5.75 Å². The molecule has 110 valence electrons. The summed E-state index contributed by atoms with van der Waals surface area (Å²) in [6, 6.07) is 5.35. The second-order valence-corrected chi connectivity index (χ2v) is 5.49. The van der Waals surface area contributed by atoms with E-state index >= 15 is 0 Å². The molecule has 1 aromatic rings. The van der Waals surface area contributed by atoms with E-state index in [9.17, 15) is 4.79 Å². The van der Waals surface area contributed by atoms with Crippen molar-refractivity contribution in [1.29, 1.82) is 0 Å². The van der Waals surface area contributed by atoms with Crippen LogP contribution in [0.4, 0.5) is 5.69 Å². The van der Waals surface area contributed by atoms with Crippen LogP contribution in [0.1, 0.15) is 49.4 Å². The summed E-state index contributed by atoms with van der Waals surface area (Å²) in [5.41, 5.74) is 1.07. The molecule has 2 N–H and O–H groups in total. The van der Waals surface area contributed by atoms with Gasteiger partial charge in [-0.05, 0) is 49.8 Å². The lowest BCUT2D eigenvalue weighted by molar-refractivity contribution is 0.0697. The van der Waals surface area contributed by atoms with Crippen LogP contribution < -0.4 is 10.1 Å². The number of benzene rings is 1. The van der Waals surface area contributed by atoms with Gasteiger partial charge in [0, 0.05) is 6.04 Å². The minimum atomic E-state index is -0.912. The van der Waals surface area contributed by atoms with Gasteiger partial charge in [-0.1, -0.05) is 13.3 Å². The maximum Gasteiger partial charge on any atom is 0.335 e. The van der Waals surface area contributed by atoms with E-state index in [1.807, 2.05) is 0 Å². The average molecular weight is 277 g/mol. The Labute approximate surface area is 120 Å². The lowest BCUT2D eigenvalue weighted by Crippen LogP contribution is -2.26. The normalized spacial score (nSPS) is 22.3. The van der Waals surface area contributed by atoms with Crippen molar-refractivity contribution in [2.24, 2.45) is 5.92 Å². The van der Waals surface area contributed by atoms with Gasteiger partial charge in [-0.3, -0.25) is 0 Å². The van der Waals surface area contributed by atoms with E-state index in [-0.39, 0.29) is 5.56 Å². The Morgan fingerprint density at radius 1 is 1.35 bits per heavy atom. The van der Waals surface area contributed by atoms with Crippen LogP contribution in [0.5, 0.6) is 5.75 Å². The fourth-order valence-electron chi connectivity index (χ4n) is 2.89. The van der Waals surface area contributed by atoms with Gasteiger partial charge in [0.15, 0.2) is 0 Å². The van der Waals surface area contributed by atoms with E-state index in [0.717, 1.165) is 24.4 Å². The van der Waals surface area contributed by atoms with E-state index in [2.05, 4.69) is 12.2 Å². The predicted octanol–water partition coefficient (Wildman–Crippen LogP) is 3.77. The van der Waals surface area contributed by atoms with Gasteiger partial charge in [0.25, 0.3) is 0 Å². The van der Waals surface area contributed by atoms with E-state index in [1.54, 1.807) is 25.3 Å². The molecule has 0 amide bonds. The third kappa shape index (κ3) is 3.44. The van der Waals surface area contributed by atoms with Gasteiger partial charge in [-0.2, -0.15) is 0 Å². The molecule has 20 heavy (non-hydrogen) atoms. The molecule has 0 unspecified atom stereocenters. The number of carboxylic acids is 1. The topological polar surface area (TPSA) is 58.6 Å². The number of carboxylic acid groups (broad SMARTS) is 1. The van der Waals surface area contributed by atoms with Gasteiger partial charge >= 0.3 is 5.97 Å². The molecule has 4 nitrogen and oxygen atoms in total. The van der Waals surface area contributed by atoms with E-state index in [4.69, 9.17) is 9.84 Å². The fraction of sp³-hybridized carbons (Fsp3) is 0.562. The predicted molar refractivity (Wildman–Crippen MR) is 79.6 cm³/mol. The summed E-state index contributed by atoms with van der Waals surface area (Å²) < 4.78 is 5.31. The Hall–Kier alpha value is -1.71. The average Bonchev–Trinajstić information content (AvgIpc) is 2.48. The van der Waals surface area contributed by atoms with Crippen LogP contribution in [0, 0.1) is 5.92 Å². The standard InChI is InChI=1S/C16H23NO3/c1-3-11-4-7-13(8-5-11)17-14-10-12(16(18)19)6-9-15(14)20-2/h6,9-11,13,17H,3-5,7-8H2,1-2H3,(H,18,19). The molecule has 0 spiro atoms. The number of rotatable bonds is 5. The summed E-state index contributed by atoms with van der Waals surface area (Å²) in [7, 11) is 1.61. The number of aromatic carboxylic acids is 1. The van der Waals surface area contributed by atoms with Crippen LogP contribution in [0.2, 0.25) is 0 Å². The molecule has 0 aliphatic heterocycles. The van der Waals surface area contributed by atoms with Gasteiger partial charge in [0.05, 0.1) is 18.4 Å². The minimum absolute atomic E-state index is 0.288. The van der Waals surface area contributed by atoms with Crippen LogP contribution >= 0.6 is 0 Å². The zero-order valence-electron chi connectivity index (χ0n) is 12.2. The Bertz CT molecular complexity index is 465. The van der Waals surface area contributed by atoms with Crippen molar-refractivity contribution in [1.82, 2.24) is 0 Å². The first kappa shape index (κ1) is 14.7. The lowest BCUT2D eigenvalue weighted by atomic mass is 9.84. The molecule has 0 heterocycles. The molecule has 0 saturated heterocycles. The highest BCUT2D eigenvalue weighted by atomic mass is 16.5. The highest BCUT2D eigenvalue weighted by Crippen LogP contribution is 2.32. The van der Waals surface area contributed by atoms with Crippen molar-refractivity contribution in [3.05, 3.63) is 23.8 Å². The number of hydrogen-bond acceptors (Lipinski definition) is 3. The number of anilines is 1. The Kier molecular flexibility index (Phi) is 4.88. The molecule has 1 fully saturated rings. The fourth-order valence-corrected chi connectivity index (χ4v) is 2.89. The van der Waals surface area contributed by atoms with Gasteiger partial charge in [-0.15, -0.1) is 0 Å². The van der Waals surface area contributed by atoms with E-state index < -0.39 is 5.97 Å². The maximum absolute atomic E-state index is 11.1. The zero-order valence-corrected chi connectivity index (χ0v) is 12.2. The van der Waals surface area contributed by atoms with E-state index in [1.165, 1.54) is 19.3 Å². The number of ether oxygens (including phenoxy) is 1. The first-order valence-electron chi connectivity index (χ1n) is 7.32. The molecule has 1 aromatic carbocycles. The van der Waals surface area contributed by atoms with Crippen LogP contribution in [0.3, 0.4) is 0 Å². The van der Waals surface area contributed by atoms with Gasteiger partial charge in [-0.25, -0.2) is 4.79 Å². The third-order valence-corrected chi connectivity index (χ3v) is 4.23. The quantitative estimate of drug-likeness (QED) is 0.860. The number of hydrogen-bond donors (Lipinski definition) is 2. The number of carbonyl (C=O) groups is 1. The number of methoxy groups -OCH3 is 1. The van der Waals surface area contributed by atoms with Crippen molar-refractivity contribution < 1.29 is 14.6 Å². The summed E-state index contributed by atoms with van der Waals surface area (Å²) in [6.07, 6.45) is 6.02. The van der Waals surface area contributed by atoms with Gasteiger partial charge < -0.3 is 15.2 Å². The molecule has 2 rings (SSSR count). The molecule has 1 aliphatic rings. The van der Waals surface area contributed by atoms with Crippen LogP contribution in [-0.4, -0.2) is 24.2 Å². The zero-order chi connectivity index (χ0) is 14.5. The summed E-state index contributed by atoms with van der Waals surface area (Å²) >= 11 is 0. The first-order valence-corrected chi connectivity index (χ1v) is 7.32. The molecule has 4 heteroatoms. The second kappa shape index (κ2) is 6.64. The summed E-state index contributed by atoms with van der Waals surface area (Å²) in [4.78, 5) is 11.1. The largest absolute Gasteiger partial charge is 0.495 e. The monoisotopic (exact) mass is 277 g/mol. The maximum atomic E-state index is 11.1. The molecular weight excluding hydrogens is 254 g/mol. The summed E-state index contributed by atoms with van der Waals surface area (Å²) in [6.45, 7) is 2.25. The summed E-state index contributed by atoms with van der Waals surface area (Å²) in [5, 5.41) is 12.5. The molecule has 1 saturated carbocycles. The molecule has 0 bridgehead atoms. The Balaban J connectivity index is 2.08. The first-order chi connectivity index (χ1) is 9.63. The van der Waals surface area contributed by atoms with Crippen molar-refractivity contribution in [3.63, 3.8) is 0 Å². The third-order valence-electron chi connectivity index (χ3n) is 4.23. The molecule has 1 aliphatic carbocycles.